The van der Waals surface area contributed by atoms with Crippen LogP contribution in [0.25, 0.3) is 0 Å². The first-order valence-electron chi connectivity index (χ1n) is 6.20. The number of carboxylic acid groups (broad SMARTS) is 1. The molecule has 0 radical (unpaired) electrons. The summed E-state index contributed by atoms with van der Waals surface area (Å²) in [5, 5.41) is 12.1. The van der Waals surface area contributed by atoms with Crippen LogP contribution in [-0.2, 0) is 4.79 Å². The lowest BCUT2D eigenvalue weighted by atomic mass is 9.78. The minimum absolute atomic E-state index is 0.0743. The Labute approximate surface area is 102 Å². The molecule has 2 amide bonds. The number of carboxylic acids is 1. The molecule has 0 saturated carbocycles. The lowest BCUT2D eigenvalue weighted by Gasteiger charge is -2.39. The molecular weight excluding hydrogens is 220 g/mol. The van der Waals surface area contributed by atoms with Gasteiger partial charge in [0.2, 0.25) is 0 Å². The van der Waals surface area contributed by atoms with Crippen molar-refractivity contribution >= 4 is 12.0 Å². The zero-order chi connectivity index (χ0) is 13.1. The summed E-state index contributed by atoms with van der Waals surface area (Å²) in [5.41, 5.74) is -0.757. The molecule has 1 rings (SSSR count). The highest BCUT2D eigenvalue weighted by Gasteiger charge is 2.42. The molecule has 1 heterocycles. The van der Waals surface area contributed by atoms with E-state index in [1.54, 1.807) is 4.90 Å². The number of hydrogen-bond donors (Lipinski definition) is 2. The van der Waals surface area contributed by atoms with Crippen LogP contribution in [0.4, 0.5) is 4.79 Å². The van der Waals surface area contributed by atoms with Crippen LogP contribution in [0.1, 0.15) is 40.0 Å². The molecule has 5 heteroatoms. The molecular formula is C12H22N2O3. The van der Waals surface area contributed by atoms with Crippen molar-refractivity contribution in [3.05, 3.63) is 0 Å². The van der Waals surface area contributed by atoms with Crippen molar-refractivity contribution in [3.63, 3.8) is 0 Å². The summed E-state index contributed by atoms with van der Waals surface area (Å²) in [6, 6.07) is -0.0796. The molecule has 17 heavy (non-hydrogen) atoms. The van der Waals surface area contributed by atoms with Crippen molar-refractivity contribution in [3.8, 4) is 0 Å². The number of rotatable bonds is 3. The van der Waals surface area contributed by atoms with E-state index >= 15 is 0 Å². The first-order valence-corrected chi connectivity index (χ1v) is 6.20. The van der Waals surface area contributed by atoms with Gasteiger partial charge in [0.1, 0.15) is 0 Å². The lowest BCUT2D eigenvalue weighted by Crippen LogP contribution is -2.53. The summed E-state index contributed by atoms with van der Waals surface area (Å²) in [6.07, 6.45) is 1.98. The summed E-state index contributed by atoms with van der Waals surface area (Å²) < 4.78 is 0. The second-order valence-electron chi connectivity index (χ2n) is 5.07. The van der Waals surface area contributed by atoms with Crippen molar-refractivity contribution in [2.75, 3.05) is 13.1 Å². The monoisotopic (exact) mass is 242 g/mol. The molecule has 0 aromatic heterocycles. The summed E-state index contributed by atoms with van der Waals surface area (Å²) in [4.78, 5) is 24.8. The Morgan fingerprint density at radius 2 is 2.12 bits per heavy atom. The molecule has 1 atom stereocenters. The fourth-order valence-electron chi connectivity index (χ4n) is 2.26. The molecule has 1 aliphatic heterocycles. The van der Waals surface area contributed by atoms with Crippen LogP contribution in [0.2, 0.25) is 0 Å². The second-order valence-corrected chi connectivity index (χ2v) is 5.07. The van der Waals surface area contributed by atoms with Gasteiger partial charge in [-0.05, 0) is 33.1 Å². The van der Waals surface area contributed by atoms with E-state index in [1.807, 2.05) is 20.8 Å². The van der Waals surface area contributed by atoms with Gasteiger partial charge in [-0.1, -0.05) is 6.92 Å². The molecule has 5 nitrogen and oxygen atoms in total. The predicted octanol–water partition coefficient (Wildman–Crippen LogP) is 1.68. The molecule has 1 unspecified atom stereocenters. The van der Waals surface area contributed by atoms with E-state index in [1.165, 1.54) is 0 Å². The lowest BCUT2D eigenvalue weighted by molar-refractivity contribution is -0.152. The van der Waals surface area contributed by atoms with Gasteiger partial charge in [0, 0.05) is 19.1 Å². The average Bonchev–Trinajstić information content (AvgIpc) is 2.28. The van der Waals surface area contributed by atoms with E-state index in [0.29, 0.717) is 25.9 Å². The largest absolute Gasteiger partial charge is 0.481 e. The van der Waals surface area contributed by atoms with Crippen molar-refractivity contribution in [2.24, 2.45) is 5.41 Å². The molecule has 98 valence electrons. The zero-order valence-electron chi connectivity index (χ0n) is 10.8. The number of carbonyl (C=O) groups excluding carboxylic acids is 1. The van der Waals surface area contributed by atoms with Crippen LogP contribution in [0.15, 0.2) is 0 Å². The minimum atomic E-state index is -0.790. The van der Waals surface area contributed by atoms with Gasteiger partial charge in [0.05, 0.1) is 5.41 Å². The van der Waals surface area contributed by atoms with Crippen LogP contribution in [0, 0.1) is 5.41 Å². The quantitative estimate of drug-likeness (QED) is 0.791. The van der Waals surface area contributed by atoms with Gasteiger partial charge >= 0.3 is 12.0 Å². The highest BCUT2D eigenvalue weighted by Crippen LogP contribution is 2.33. The third-order valence-electron chi connectivity index (χ3n) is 3.41. The van der Waals surface area contributed by atoms with Crippen LogP contribution in [0.3, 0.4) is 0 Å². The molecule has 1 saturated heterocycles. The van der Waals surface area contributed by atoms with E-state index < -0.39 is 11.4 Å². The summed E-state index contributed by atoms with van der Waals surface area (Å²) in [6.45, 7) is 6.63. The third kappa shape index (κ3) is 3.11. The van der Waals surface area contributed by atoms with Crippen LogP contribution >= 0.6 is 0 Å². The van der Waals surface area contributed by atoms with E-state index in [4.69, 9.17) is 0 Å². The number of nitrogens with zero attached hydrogens (tertiary/aromatic N) is 1. The predicted molar refractivity (Wildman–Crippen MR) is 64.8 cm³/mol. The number of carbonyl (C=O) groups is 2. The van der Waals surface area contributed by atoms with Gasteiger partial charge in [-0.25, -0.2) is 4.79 Å². The van der Waals surface area contributed by atoms with Gasteiger partial charge in [0.25, 0.3) is 0 Å². The molecule has 0 spiro atoms. The van der Waals surface area contributed by atoms with Crippen molar-refractivity contribution in [1.82, 2.24) is 10.2 Å². The molecule has 0 aromatic carbocycles. The van der Waals surface area contributed by atoms with Crippen molar-refractivity contribution < 1.29 is 14.7 Å². The Kier molecular flexibility index (Phi) is 4.37. The molecule has 1 fully saturated rings. The maximum Gasteiger partial charge on any atom is 0.317 e. The number of hydrogen-bond acceptors (Lipinski definition) is 2. The normalized spacial score (nSPS) is 24.8. The fraction of sp³-hybridized carbons (Fsp3) is 0.833. The smallest absolute Gasteiger partial charge is 0.317 e. The Hall–Kier alpha value is -1.26. The topological polar surface area (TPSA) is 69.6 Å². The average molecular weight is 242 g/mol. The Morgan fingerprint density at radius 3 is 2.59 bits per heavy atom. The van der Waals surface area contributed by atoms with Crippen LogP contribution < -0.4 is 5.32 Å². The molecule has 1 aliphatic rings. The van der Waals surface area contributed by atoms with E-state index in [2.05, 4.69) is 5.32 Å². The number of aliphatic carboxylic acids is 1. The molecule has 2 N–H and O–H groups in total. The van der Waals surface area contributed by atoms with Gasteiger partial charge in [0.15, 0.2) is 0 Å². The standard InChI is InChI=1S/C12H22N2O3/c1-4-12(10(15)16)6-5-7-14(8-12)11(17)13-9(2)3/h9H,4-8H2,1-3H3,(H,13,17)(H,15,16). The Morgan fingerprint density at radius 1 is 1.47 bits per heavy atom. The molecule has 0 aliphatic carbocycles. The van der Waals surface area contributed by atoms with E-state index in [0.717, 1.165) is 6.42 Å². The summed E-state index contributed by atoms with van der Waals surface area (Å²) in [5.74, 6) is -0.790. The SMILES string of the molecule is CCC1(C(=O)O)CCCN(C(=O)NC(C)C)C1. The van der Waals surface area contributed by atoms with E-state index in [-0.39, 0.29) is 12.1 Å². The number of likely N-dealkylation sites (tertiary alicyclic amines) is 1. The summed E-state index contributed by atoms with van der Waals surface area (Å²) >= 11 is 0. The Bertz CT molecular complexity index is 304. The van der Waals surface area contributed by atoms with Crippen LogP contribution in [0.5, 0.6) is 0 Å². The molecule has 0 bridgehead atoms. The number of amides is 2. The first kappa shape index (κ1) is 13.8. The second kappa shape index (κ2) is 5.38. The number of nitrogens with one attached hydrogen (secondary N) is 1. The zero-order valence-corrected chi connectivity index (χ0v) is 10.8. The minimum Gasteiger partial charge on any atom is -0.481 e. The maximum atomic E-state index is 11.9. The van der Waals surface area contributed by atoms with Crippen LogP contribution in [-0.4, -0.2) is 41.1 Å². The highest BCUT2D eigenvalue weighted by molar-refractivity contribution is 5.78. The summed E-state index contributed by atoms with van der Waals surface area (Å²) in [7, 11) is 0. The van der Waals surface area contributed by atoms with Gasteiger partial charge in [-0.15, -0.1) is 0 Å². The third-order valence-corrected chi connectivity index (χ3v) is 3.41. The first-order chi connectivity index (χ1) is 7.91. The van der Waals surface area contributed by atoms with Gasteiger partial charge in [-0.3, -0.25) is 4.79 Å². The van der Waals surface area contributed by atoms with Gasteiger partial charge < -0.3 is 15.3 Å². The number of urea groups is 1. The molecule has 0 aromatic rings. The fourth-order valence-corrected chi connectivity index (χ4v) is 2.26. The van der Waals surface area contributed by atoms with Gasteiger partial charge in [-0.2, -0.15) is 0 Å². The van der Waals surface area contributed by atoms with Crippen molar-refractivity contribution in [2.45, 2.75) is 46.1 Å². The van der Waals surface area contributed by atoms with E-state index in [9.17, 15) is 14.7 Å². The maximum absolute atomic E-state index is 11.9. The van der Waals surface area contributed by atoms with Crippen molar-refractivity contribution in [1.29, 1.82) is 0 Å². The Balaban J connectivity index is 2.71. The number of piperidine rings is 1. The highest BCUT2D eigenvalue weighted by atomic mass is 16.4.